The van der Waals surface area contributed by atoms with Crippen LogP contribution in [0.15, 0.2) is 35.3 Å². The van der Waals surface area contributed by atoms with Crippen molar-refractivity contribution < 1.29 is 4.74 Å². The van der Waals surface area contributed by atoms with E-state index in [1.54, 1.807) is 0 Å². The van der Waals surface area contributed by atoms with Crippen molar-refractivity contribution in [2.75, 3.05) is 45.9 Å². The zero-order valence-electron chi connectivity index (χ0n) is 14.8. The summed E-state index contributed by atoms with van der Waals surface area (Å²) in [4.78, 5) is 6.83. The zero-order valence-corrected chi connectivity index (χ0v) is 14.8. The van der Waals surface area contributed by atoms with Crippen molar-refractivity contribution in [3.05, 3.63) is 35.9 Å². The van der Waals surface area contributed by atoms with E-state index in [4.69, 9.17) is 10.5 Å². The van der Waals surface area contributed by atoms with E-state index in [-0.39, 0.29) is 0 Å². The highest BCUT2D eigenvalue weighted by atomic mass is 16.5. The van der Waals surface area contributed by atoms with Gasteiger partial charge in [-0.05, 0) is 31.2 Å². The van der Waals surface area contributed by atoms with Gasteiger partial charge in [0.15, 0.2) is 5.96 Å². The molecule has 5 heteroatoms. The van der Waals surface area contributed by atoms with E-state index >= 15 is 0 Å². The number of aryl methyl sites for hydroxylation is 1. The Morgan fingerprint density at radius 1 is 1.08 bits per heavy atom. The smallest absolute Gasteiger partial charge is 0.188 e. The van der Waals surface area contributed by atoms with Crippen LogP contribution in [0.3, 0.4) is 0 Å². The molecule has 2 rings (SSSR count). The third kappa shape index (κ3) is 8.31. The minimum atomic E-state index is 0.583. The molecular formula is C19H32N4O. The Morgan fingerprint density at radius 3 is 2.67 bits per heavy atom. The molecule has 1 aromatic carbocycles. The summed E-state index contributed by atoms with van der Waals surface area (Å²) >= 11 is 0. The number of hydrogen-bond acceptors (Lipinski definition) is 3. The molecule has 0 bridgehead atoms. The SMILES string of the molecule is NC(=NCCCN1CCOCC1)NCCCCCc1ccccc1. The second-order valence-corrected chi connectivity index (χ2v) is 6.30. The van der Waals surface area contributed by atoms with Crippen LogP contribution in [-0.2, 0) is 11.2 Å². The number of hydrogen-bond donors (Lipinski definition) is 2. The fourth-order valence-electron chi connectivity index (χ4n) is 2.87. The molecule has 3 N–H and O–H groups in total. The van der Waals surface area contributed by atoms with Gasteiger partial charge in [-0.15, -0.1) is 0 Å². The monoisotopic (exact) mass is 332 g/mol. The molecule has 1 fully saturated rings. The van der Waals surface area contributed by atoms with Gasteiger partial charge < -0.3 is 15.8 Å². The number of nitrogens with one attached hydrogen (secondary N) is 1. The van der Waals surface area contributed by atoms with Gasteiger partial charge in [0.25, 0.3) is 0 Å². The molecule has 0 amide bonds. The number of guanidine groups is 1. The first kappa shape index (κ1) is 18.7. The highest BCUT2D eigenvalue weighted by Crippen LogP contribution is 2.05. The molecule has 0 atom stereocenters. The maximum Gasteiger partial charge on any atom is 0.188 e. The summed E-state index contributed by atoms with van der Waals surface area (Å²) in [7, 11) is 0. The highest BCUT2D eigenvalue weighted by molar-refractivity contribution is 5.77. The lowest BCUT2D eigenvalue weighted by Gasteiger charge is -2.26. The van der Waals surface area contributed by atoms with E-state index in [2.05, 4.69) is 45.5 Å². The Morgan fingerprint density at radius 2 is 1.88 bits per heavy atom. The van der Waals surface area contributed by atoms with Crippen LogP contribution in [0.4, 0.5) is 0 Å². The number of rotatable bonds is 10. The first-order chi connectivity index (χ1) is 11.8. The molecule has 24 heavy (non-hydrogen) atoms. The van der Waals surface area contributed by atoms with Gasteiger partial charge in [-0.25, -0.2) is 0 Å². The molecular weight excluding hydrogens is 300 g/mol. The number of benzene rings is 1. The van der Waals surface area contributed by atoms with Gasteiger partial charge in [0.05, 0.1) is 13.2 Å². The molecule has 0 spiro atoms. The molecule has 0 aliphatic carbocycles. The quantitative estimate of drug-likeness (QED) is 0.391. The Kier molecular flexibility index (Phi) is 9.27. The summed E-state index contributed by atoms with van der Waals surface area (Å²) in [6, 6.07) is 10.7. The van der Waals surface area contributed by atoms with Crippen LogP contribution < -0.4 is 11.1 Å². The normalized spacial score (nSPS) is 16.2. The fraction of sp³-hybridized carbons (Fsp3) is 0.632. The Hall–Kier alpha value is -1.59. The van der Waals surface area contributed by atoms with Crippen molar-refractivity contribution in [1.29, 1.82) is 0 Å². The average molecular weight is 332 g/mol. The number of aliphatic imine (C=N–C) groups is 1. The molecule has 1 aromatic rings. The predicted molar refractivity (Wildman–Crippen MR) is 100 cm³/mol. The first-order valence-electron chi connectivity index (χ1n) is 9.22. The van der Waals surface area contributed by atoms with Crippen molar-refractivity contribution in [3.63, 3.8) is 0 Å². The van der Waals surface area contributed by atoms with Gasteiger partial charge in [-0.2, -0.15) is 0 Å². The Bertz CT molecular complexity index is 458. The largest absolute Gasteiger partial charge is 0.379 e. The molecule has 0 radical (unpaired) electrons. The Labute approximate surface area is 146 Å². The molecule has 134 valence electrons. The molecule has 1 aliphatic heterocycles. The highest BCUT2D eigenvalue weighted by Gasteiger charge is 2.08. The maximum absolute atomic E-state index is 5.90. The van der Waals surface area contributed by atoms with Gasteiger partial charge >= 0.3 is 0 Å². The summed E-state index contributed by atoms with van der Waals surface area (Å²) in [5.41, 5.74) is 7.33. The van der Waals surface area contributed by atoms with Gasteiger partial charge in [0, 0.05) is 32.7 Å². The third-order valence-electron chi connectivity index (χ3n) is 4.31. The Balaban J connectivity index is 1.43. The first-order valence-corrected chi connectivity index (χ1v) is 9.22. The molecule has 0 unspecified atom stereocenters. The fourth-order valence-corrected chi connectivity index (χ4v) is 2.87. The van der Waals surface area contributed by atoms with Crippen LogP contribution in [0.1, 0.15) is 31.2 Å². The molecule has 5 nitrogen and oxygen atoms in total. The maximum atomic E-state index is 5.90. The molecule has 1 saturated heterocycles. The number of nitrogens with two attached hydrogens (primary N) is 1. The lowest BCUT2D eigenvalue weighted by atomic mass is 10.1. The van der Waals surface area contributed by atoms with Gasteiger partial charge in [-0.1, -0.05) is 36.8 Å². The number of ether oxygens (including phenoxy) is 1. The van der Waals surface area contributed by atoms with Crippen molar-refractivity contribution in [2.24, 2.45) is 10.7 Å². The van der Waals surface area contributed by atoms with Crippen LogP contribution >= 0.6 is 0 Å². The van der Waals surface area contributed by atoms with E-state index in [9.17, 15) is 0 Å². The van der Waals surface area contributed by atoms with Crippen LogP contribution in [-0.4, -0.2) is 56.8 Å². The second-order valence-electron chi connectivity index (χ2n) is 6.30. The zero-order chi connectivity index (χ0) is 16.9. The third-order valence-corrected chi connectivity index (χ3v) is 4.31. The standard InChI is InChI=1S/C19H32N4O/c20-19(22-12-7-13-23-14-16-24-17-15-23)21-11-6-2-5-10-18-8-3-1-4-9-18/h1,3-4,8-9H,2,5-7,10-17H2,(H3,20,21,22). The van der Waals surface area contributed by atoms with Crippen LogP contribution in [0.25, 0.3) is 0 Å². The molecule has 0 saturated carbocycles. The van der Waals surface area contributed by atoms with E-state index in [0.717, 1.165) is 65.2 Å². The minimum absolute atomic E-state index is 0.583. The summed E-state index contributed by atoms with van der Waals surface area (Å²) in [6.07, 6.45) is 5.79. The number of nitrogens with zero attached hydrogens (tertiary/aromatic N) is 2. The average Bonchev–Trinajstić information content (AvgIpc) is 2.63. The van der Waals surface area contributed by atoms with Gasteiger partial charge in [0.1, 0.15) is 0 Å². The van der Waals surface area contributed by atoms with Crippen LogP contribution in [0.5, 0.6) is 0 Å². The summed E-state index contributed by atoms with van der Waals surface area (Å²) in [6.45, 7) is 6.59. The van der Waals surface area contributed by atoms with Gasteiger partial charge in [-0.3, -0.25) is 9.89 Å². The summed E-state index contributed by atoms with van der Waals surface area (Å²) in [5.74, 6) is 0.583. The number of morpholine rings is 1. The van der Waals surface area contributed by atoms with Gasteiger partial charge in [0.2, 0.25) is 0 Å². The molecule has 1 heterocycles. The van der Waals surface area contributed by atoms with Crippen molar-refractivity contribution >= 4 is 5.96 Å². The van der Waals surface area contributed by atoms with E-state index < -0.39 is 0 Å². The molecule has 0 aromatic heterocycles. The van der Waals surface area contributed by atoms with E-state index in [1.807, 2.05) is 0 Å². The number of unbranched alkanes of at least 4 members (excludes halogenated alkanes) is 2. The minimum Gasteiger partial charge on any atom is -0.379 e. The summed E-state index contributed by atoms with van der Waals surface area (Å²) < 4.78 is 5.34. The van der Waals surface area contributed by atoms with Crippen LogP contribution in [0, 0.1) is 0 Å². The van der Waals surface area contributed by atoms with E-state index in [0.29, 0.717) is 5.96 Å². The lowest BCUT2D eigenvalue weighted by Crippen LogP contribution is -2.37. The second kappa shape index (κ2) is 11.9. The lowest BCUT2D eigenvalue weighted by molar-refractivity contribution is 0.0377. The summed E-state index contributed by atoms with van der Waals surface area (Å²) in [5, 5.41) is 3.21. The van der Waals surface area contributed by atoms with Crippen molar-refractivity contribution in [2.45, 2.75) is 32.1 Å². The van der Waals surface area contributed by atoms with Crippen molar-refractivity contribution in [1.82, 2.24) is 10.2 Å². The van der Waals surface area contributed by atoms with Crippen molar-refractivity contribution in [3.8, 4) is 0 Å². The topological polar surface area (TPSA) is 62.9 Å². The molecule has 1 aliphatic rings. The predicted octanol–water partition coefficient (Wildman–Crippen LogP) is 2.03. The van der Waals surface area contributed by atoms with Crippen LogP contribution in [0.2, 0.25) is 0 Å². The van der Waals surface area contributed by atoms with E-state index in [1.165, 1.54) is 18.4 Å².